The molecule has 2 heterocycles. The third kappa shape index (κ3) is 3.67. The summed E-state index contributed by atoms with van der Waals surface area (Å²) in [7, 11) is 3.09. The van der Waals surface area contributed by atoms with Gasteiger partial charge in [0.1, 0.15) is 22.8 Å². The summed E-state index contributed by atoms with van der Waals surface area (Å²) in [5.74, 6) is 1.41. The molecule has 150 valence electrons. The van der Waals surface area contributed by atoms with Gasteiger partial charge in [-0.05, 0) is 25.5 Å². The second-order valence-electron chi connectivity index (χ2n) is 6.56. The van der Waals surface area contributed by atoms with E-state index < -0.39 is 0 Å². The van der Waals surface area contributed by atoms with Crippen LogP contribution in [0.15, 0.2) is 22.7 Å². The number of amides is 2. The fourth-order valence-corrected chi connectivity index (χ4v) is 3.35. The van der Waals surface area contributed by atoms with Crippen LogP contribution < -0.4 is 9.47 Å². The van der Waals surface area contributed by atoms with Crippen molar-refractivity contribution >= 4 is 11.8 Å². The Morgan fingerprint density at radius 1 is 1.07 bits per heavy atom. The van der Waals surface area contributed by atoms with E-state index in [4.69, 9.17) is 14.0 Å². The predicted molar refractivity (Wildman–Crippen MR) is 102 cm³/mol. The van der Waals surface area contributed by atoms with Gasteiger partial charge in [0.05, 0.1) is 25.5 Å². The lowest BCUT2D eigenvalue weighted by Gasteiger charge is -2.35. The molecule has 2 amide bonds. The average Bonchev–Trinajstić information content (AvgIpc) is 3.12. The maximum absolute atomic E-state index is 12.9. The van der Waals surface area contributed by atoms with E-state index in [1.807, 2.05) is 6.92 Å². The van der Waals surface area contributed by atoms with Gasteiger partial charge in [0, 0.05) is 32.2 Å². The molecule has 8 heteroatoms. The van der Waals surface area contributed by atoms with Gasteiger partial charge in [-0.15, -0.1) is 0 Å². The molecule has 0 saturated carbocycles. The topological polar surface area (TPSA) is 85.1 Å². The number of benzene rings is 1. The first-order valence-electron chi connectivity index (χ1n) is 9.25. The number of aromatic nitrogens is 1. The molecule has 0 unspecified atom stereocenters. The van der Waals surface area contributed by atoms with Gasteiger partial charge >= 0.3 is 0 Å². The number of hydrogen-bond acceptors (Lipinski definition) is 6. The Morgan fingerprint density at radius 3 is 2.29 bits per heavy atom. The smallest absolute Gasteiger partial charge is 0.259 e. The summed E-state index contributed by atoms with van der Waals surface area (Å²) in [6.45, 7) is 5.49. The van der Waals surface area contributed by atoms with Gasteiger partial charge in [-0.25, -0.2) is 0 Å². The van der Waals surface area contributed by atoms with Crippen molar-refractivity contribution in [2.45, 2.75) is 20.3 Å². The summed E-state index contributed by atoms with van der Waals surface area (Å²) in [4.78, 5) is 29.3. The van der Waals surface area contributed by atoms with Crippen LogP contribution >= 0.6 is 0 Å². The largest absolute Gasteiger partial charge is 0.497 e. The number of methoxy groups -OCH3 is 2. The van der Waals surface area contributed by atoms with Crippen molar-refractivity contribution in [3.05, 3.63) is 40.8 Å². The van der Waals surface area contributed by atoms with Crippen LogP contribution in [0.4, 0.5) is 0 Å². The van der Waals surface area contributed by atoms with E-state index in [2.05, 4.69) is 5.16 Å². The number of rotatable bonds is 5. The fraction of sp³-hybridized carbons (Fsp3) is 0.450. The van der Waals surface area contributed by atoms with Crippen molar-refractivity contribution in [3.63, 3.8) is 0 Å². The number of nitrogens with zero attached hydrogens (tertiary/aromatic N) is 3. The van der Waals surface area contributed by atoms with E-state index in [-0.39, 0.29) is 11.8 Å². The molecule has 0 radical (unpaired) electrons. The molecule has 1 aliphatic rings. The first kappa shape index (κ1) is 19.7. The molecule has 2 aromatic rings. The van der Waals surface area contributed by atoms with Crippen LogP contribution in [-0.4, -0.2) is 67.2 Å². The van der Waals surface area contributed by atoms with Gasteiger partial charge < -0.3 is 23.8 Å². The molecule has 1 aliphatic heterocycles. The molecule has 1 saturated heterocycles. The lowest BCUT2D eigenvalue weighted by molar-refractivity contribution is 0.0532. The highest BCUT2D eigenvalue weighted by molar-refractivity contribution is 5.98. The van der Waals surface area contributed by atoms with E-state index in [0.29, 0.717) is 66.7 Å². The third-order valence-corrected chi connectivity index (χ3v) is 4.98. The molecule has 0 bridgehead atoms. The lowest BCUT2D eigenvalue weighted by Crippen LogP contribution is -2.50. The second-order valence-corrected chi connectivity index (χ2v) is 6.56. The average molecular weight is 387 g/mol. The van der Waals surface area contributed by atoms with Crippen LogP contribution in [-0.2, 0) is 6.42 Å². The number of carbonyl (C=O) groups is 2. The Morgan fingerprint density at radius 2 is 1.71 bits per heavy atom. The standard InChI is InChI=1S/C20H25N3O5/c1-5-16-18(13(2)28-21-16)20(25)23-10-8-22(9-11-23)19(24)15-7-6-14(26-3)12-17(15)27-4/h6-7,12H,5,8-11H2,1-4H3. The molecule has 0 aliphatic carbocycles. The molecule has 8 nitrogen and oxygen atoms in total. The molecule has 28 heavy (non-hydrogen) atoms. The molecular formula is C20H25N3O5. The van der Waals surface area contributed by atoms with Crippen molar-refractivity contribution in [2.75, 3.05) is 40.4 Å². The van der Waals surface area contributed by atoms with E-state index in [1.54, 1.807) is 42.0 Å². The Labute approximate surface area is 164 Å². The zero-order valence-corrected chi connectivity index (χ0v) is 16.7. The van der Waals surface area contributed by atoms with E-state index in [9.17, 15) is 9.59 Å². The summed E-state index contributed by atoms with van der Waals surface area (Å²) in [5.41, 5.74) is 1.69. The number of aryl methyl sites for hydroxylation is 2. The first-order valence-corrected chi connectivity index (χ1v) is 9.25. The van der Waals surface area contributed by atoms with Crippen LogP contribution in [0.1, 0.15) is 39.1 Å². The fourth-order valence-electron chi connectivity index (χ4n) is 3.35. The summed E-state index contributed by atoms with van der Waals surface area (Å²) >= 11 is 0. The second kappa shape index (κ2) is 8.33. The minimum Gasteiger partial charge on any atom is -0.497 e. The van der Waals surface area contributed by atoms with Crippen LogP contribution in [0.2, 0.25) is 0 Å². The van der Waals surface area contributed by atoms with Crippen LogP contribution in [0, 0.1) is 6.92 Å². The maximum Gasteiger partial charge on any atom is 0.259 e. The summed E-state index contributed by atoms with van der Waals surface area (Å²) in [6, 6.07) is 5.12. The molecule has 0 atom stereocenters. The van der Waals surface area contributed by atoms with Gasteiger partial charge in [-0.1, -0.05) is 12.1 Å². The molecule has 0 N–H and O–H groups in total. The van der Waals surface area contributed by atoms with Crippen molar-refractivity contribution in [3.8, 4) is 11.5 Å². The number of piperazine rings is 1. The van der Waals surface area contributed by atoms with Crippen LogP contribution in [0.3, 0.4) is 0 Å². The molecule has 1 aromatic carbocycles. The molecular weight excluding hydrogens is 362 g/mol. The minimum absolute atomic E-state index is 0.0928. The predicted octanol–water partition coefficient (Wildman–Crippen LogP) is 2.16. The summed E-state index contributed by atoms with van der Waals surface area (Å²) in [5, 5.41) is 3.96. The highest BCUT2D eigenvalue weighted by Gasteiger charge is 2.30. The van der Waals surface area contributed by atoms with Gasteiger partial charge in [-0.3, -0.25) is 9.59 Å². The Hall–Kier alpha value is -3.03. The summed E-state index contributed by atoms with van der Waals surface area (Å²) < 4.78 is 15.7. The van der Waals surface area contributed by atoms with Gasteiger partial charge in [-0.2, -0.15) is 0 Å². The minimum atomic E-state index is -0.123. The highest BCUT2D eigenvalue weighted by atomic mass is 16.5. The summed E-state index contributed by atoms with van der Waals surface area (Å²) in [6.07, 6.45) is 0.633. The monoisotopic (exact) mass is 387 g/mol. The lowest BCUT2D eigenvalue weighted by atomic mass is 10.1. The van der Waals surface area contributed by atoms with Gasteiger partial charge in [0.15, 0.2) is 0 Å². The zero-order chi connectivity index (χ0) is 20.3. The van der Waals surface area contributed by atoms with Gasteiger partial charge in [0.25, 0.3) is 11.8 Å². The Balaban J connectivity index is 1.69. The van der Waals surface area contributed by atoms with Crippen LogP contribution in [0.25, 0.3) is 0 Å². The van der Waals surface area contributed by atoms with Crippen molar-refractivity contribution in [1.29, 1.82) is 0 Å². The highest BCUT2D eigenvalue weighted by Crippen LogP contribution is 2.26. The maximum atomic E-state index is 12.9. The van der Waals surface area contributed by atoms with Crippen molar-refractivity contribution < 1.29 is 23.6 Å². The first-order chi connectivity index (χ1) is 13.5. The molecule has 0 spiro atoms. The number of ether oxygens (including phenoxy) is 2. The van der Waals surface area contributed by atoms with Gasteiger partial charge in [0.2, 0.25) is 0 Å². The Kier molecular flexibility index (Phi) is 5.87. The normalized spacial score (nSPS) is 14.1. The van der Waals surface area contributed by atoms with Crippen LogP contribution in [0.5, 0.6) is 11.5 Å². The number of carbonyl (C=O) groups excluding carboxylic acids is 2. The molecule has 3 rings (SSSR count). The van der Waals surface area contributed by atoms with Crippen molar-refractivity contribution in [2.24, 2.45) is 0 Å². The van der Waals surface area contributed by atoms with E-state index >= 15 is 0 Å². The third-order valence-electron chi connectivity index (χ3n) is 4.98. The number of hydrogen-bond donors (Lipinski definition) is 0. The molecule has 1 aromatic heterocycles. The SMILES string of the molecule is CCc1noc(C)c1C(=O)N1CCN(C(=O)c2ccc(OC)cc2OC)CC1. The van der Waals surface area contributed by atoms with Crippen molar-refractivity contribution in [1.82, 2.24) is 15.0 Å². The van der Waals surface area contributed by atoms with E-state index in [0.717, 1.165) is 0 Å². The quantitative estimate of drug-likeness (QED) is 0.782. The Bertz CT molecular complexity index is 869. The molecule has 1 fully saturated rings. The zero-order valence-electron chi connectivity index (χ0n) is 16.7. The van der Waals surface area contributed by atoms with E-state index in [1.165, 1.54) is 7.11 Å².